The predicted octanol–water partition coefficient (Wildman–Crippen LogP) is 4.15. The van der Waals surface area contributed by atoms with Crippen LogP contribution < -0.4 is 15.8 Å². The van der Waals surface area contributed by atoms with E-state index in [0.29, 0.717) is 27.3 Å². The second-order valence-electron chi connectivity index (χ2n) is 5.49. The standard InChI is InChI=1S/C16H23ClN2O2S.ClH/c1-3-22-11-6-4-5-10(7-11)19-16(20)12-8-13(17)14(18)9-15(12)21-2;/h8-11H,3-7,18H2,1-2H3,(H,19,20);1H. The molecular formula is C16H24Cl2N2O2S. The second kappa shape index (κ2) is 9.50. The van der Waals surface area contributed by atoms with Crippen molar-refractivity contribution in [3.8, 4) is 5.75 Å². The molecule has 4 nitrogen and oxygen atoms in total. The molecule has 2 atom stereocenters. The zero-order valence-electron chi connectivity index (χ0n) is 13.4. The molecule has 1 aromatic carbocycles. The highest BCUT2D eigenvalue weighted by atomic mass is 35.5. The first kappa shape index (κ1) is 20.3. The number of benzene rings is 1. The molecule has 0 radical (unpaired) electrons. The Kier molecular flexibility index (Phi) is 8.37. The van der Waals surface area contributed by atoms with E-state index in [0.717, 1.165) is 25.0 Å². The molecular weight excluding hydrogens is 355 g/mol. The fourth-order valence-corrected chi connectivity index (χ4v) is 4.18. The number of hydrogen-bond donors (Lipinski definition) is 2. The van der Waals surface area contributed by atoms with Crippen LogP contribution in [0.15, 0.2) is 12.1 Å². The van der Waals surface area contributed by atoms with Crippen LogP contribution >= 0.6 is 35.8 Å². The Bertz CT molecular complexity index is 541. The average molecular weight is 379 g/mol. The summed E-state index contributed by atoms with van der Waals surface area (Å²) in [7, 11) is 1.52. The van der Waals surface area contributed by atoms with Gasteiger partial charge in [0, 0.05) is 17.4 Å². The monoisotopic (exact) mass is 378 g/mol. The smallest absolute Gasteiger partial charge is 0.255 e. The van der Waals surface area contributed by atoms with Crippen LogP contribution in [0.1, 0.15) is 43.0 Å². The maximum atomic E-state index is 12.5. The molecule has 23 heavy (non-hydrogen) atoms. The number of nitrogen functional groups attached to an aromatic ring is 1. The Morgan fingerprint density at radius 2 is 2.22 bits per heavy atom. The van der Waals surface area contributed by atoms with Crippen molar-refractivity contribution in [2.75, 3.05) is 18.6 Å². The summed E-state index contributed by atoms with van der Waals surface area (Å²) in [5.41, 5.74) is 6.60. The van der Waals surface area contributed by atoms with Crippen molar-refractivity contribution in [3.05, 3.63) is 22.7 Å². The van der Waals surface area contributed by atoms with Gasteiger partial charge in [-0.3, -0.25) is 4.79 Å². The van der Waals surface area contributed by atoms with Crippen LogP contribution in [0.3, 0.4) is 0 Å². The van der Waals surface area contributed by atoms with E-state index in [9.17, 15) is 4.79 Å². The van der Waals surface area contributed by atoms with Crippen molar-refractivity contribution in [3.63, 3.8) is 0 Å². The number of carbonyl (C=O) groups excluding carboxylic acids is 1. The lowest BCUT2D eigenvalue weighted by Crippen LogP contribution is -2.39. The molecule has 0 bridgehead atoms. The summed E-state index contributed by atoms with van der Waals surface area (Å²) in [6, 6.07) is 3.38. The summed E-state index contributed by atoms with van der Waals surface area (Å²) in [4.78, 5) is 12.5. The Balaban J connectivity index is 0.00000264. The average Bonchev–Trinajstić information content (AvgIpc) is 2.50. The van der Waals surface area contributed by atoms with Crippen LogP contribution in [0, 0.1) is 0 Å². The lowest BCUT2D eigenvalue weighted by Gasteiger charge is -2.29. The number of carbonyl (C=O) groups is 1. The quantitative estimate of drug-likeness (QED) is 0.755. The normalized spacial score (nSPS) is 20.5. The van der Waals surface area contributed by atoms with Gasteiger partial charge >= 0.3 is 0 Å². The van der Waals surface area contributed by atoms with E-state index in [1.165, 1.54) is 13.5 Å². The van der Waals surface area contributed by atoms with Crippen LogP contribution in [0.25, 0.3) is 0 Å². The van der Waals surface area contributed by atoms with Gasteiger partial charge in [0.05, 0.1) is 23.4 Å². The van der Waals surface area contributed by atoms with Crippen molar-refractivity contribution in [2.24, 2.45) is 0 Å². The second-order valence-corrected chi connectivity index (χ2v) is 7.47. The molecule has 0 saturated heterocycles. The topological polar surface area (TPSA) is 64.4 Å². The Labute approximate surface area is 153 Å². The first-order valence-electron chi connectivity index (χ1n) is 7.60. The van der Waals surface area contributed by atoms with Crippen molar-refractivity contribution in [1.29, 1.82) is 0 Å². The molecule has 7 heteroatoms. The van der Waals surface area contributed by atoms with E-state index >= 15 is 0 Å². The van der Waals surface area contributed by atoms with Crippen molar-refractivity contribution in [1.82, 2.24) is 5.32 Å². The van der Waals surface area contributed by atoms with Gasteiger partial charge in [0.15, 0.2) is 0 Å². The van der Waals surface area contributed by atoms with Crippen LogP contribution in [0.2, 0.25) is 5.02 Å². The molecule has 1 aliphatic carbocycles. The first-order chi connectivity index (χ1) is 10.5. The lowest BCUT2D eigenvalue weighted by atomic mass is 9.94. The lowest BCUT2D eigenvalue weighted by molar-refractivity contribution is 0.0925. The van der Waals surface area contributed by atoms with Gasteiger partial charge in [-0.2, -0.15) is 11.8 Å². The van der Waals surface area contributed by atoms with Crippen LogP contribution in [-0.4, -0.2) is 30.1 Å². The summed E-state index contributed by atoms with van der Waals surface area (Å²) in [5.74, 6) is 1.42. The molecule has 2 rings (SSSR count). The summed E-state index contributed by atoms with van der Waals surface area (Å²) in [6.45, 7) is 2.17. The molecule has 1 aliphatic rings. The van der Waals surface area contributed by atoms with E-state index in [1.807, 2.05) is 11.8 Å². The van der Waals surface area contributed by atoms with Gasteiger partial charge < -0.3 is 15.8 Å². The molecule has 1 aromatic rings. The van der Waals surface area contributed by atoms with Gasteiger partial charge in [0.2, 0.25) is 0 Å². The zero-order chi connectivity index (χ0) is 16.1. The number of ether oxygens (including phenoxy) is 1. The van der Waals surface area contributed by atoms with E-state index < -0.39 is 0 Å². The summed E-state index contributed by atoms with van der Waals surface area (Å²) in [5, 5.41) is 4.12. The number of halogens is 2. The summed E-state index contributed by atoms with van der Waals surface area (Å²) >= 11 is 8.01. The molecule has 1 amide bonds. The van der Waals surface area contributed by atoms with Crippen LogP contribution in [0.4, 0.5) is 5.69 Å². The van der Waals surface area contributed by atoms with Crippen LogP contribution in [-0.2, 0) is 0 Å². The highest BCUT2D eigenvalue weighted by molar-refractivity contribution is 7.99. The molecule has 3 N–H and O–H groups in total. The predicted molar refractivity (Wildman–Crippen MR) is 101 cm³/mol. The summed E-state index contributed by atoms with van der Waals surface area (Å²) in [6.07, 6.45) is 4.44. The van der Waals surface area contributed by atoms with E-state index in [4.69, 9.17) is 22.1 Å². The fourth-order valence-electron chi connectivity index (χ4n) is 2.84. The van der Waals surface area contributed by atoms with Gasteiger partial charge in [-0.1, -0.05) is 24.9 Å². The molecule has 0 aliphatic heterocycles. The van der Waals surface area contributed by atoms with Gasteiger partial charge in [-0.05, 0) is 31.1 Å². The third-order valence-corrected chi connectivity index (χ3v) is 5.49. The molecule has 1 saturated carbocycles. The number of nitrogens with two attached hydrogens (primary N) is 1. The number of nitrogens with one attached hydrogen (secondary N) is 1. The molecule has 0 aromatic heterocycles. The number of anilines is 1. The van der Waals surface area contributed by atoms with Gasteiger partial charge in [0.1, 0.15) is 5.75 Å². The van der Waals surface area contributed by atoms with Crippen molar-refractivity contribution < 1.29 is 9.53 Å². The highest BCUT2D eigenvalue weighted by Crippen LogP contribution is 2.31. The number of methoxy groups -OCH3 is 1. The van der Waals surface area contributed by atoms with Crippen molar-refractivity contribution in [2.45, 2.75) is 43.9 Å². The minimum absolute atomic E-state index is 0. The fraction of sp³-hybridized carbons (Fsp3) is 0.562. The van der Waals surface area contributed by atoms with Gasteiger partial charge in [-0.15, -0.1) is 12.4 Å². The number of thioether (sulfide) groups is 1. The highest BCUT2D eigenvalue weighted by Gasteiger charge is 2.25. The maximum absolute atomic E-state index is 12.5. The number of rotatable bonds is 5. The Hall–Kier alpha value is -0.780. The van der Waals surface area contributed by atoms with Crippen LogP contribution in [0.5, 0.6) is 5.75 Å². The largest absolute Gasteiger partial charge is 0.496 e. The zero-order valence-corrected chi connectivity index (χ0v) is 15.8. The van der Waals surface area contributed by atoms with Gasteiger partial charge in [0.25, 0.3) is 5.91 Å². The molecule has 130 valence electrons. The third kappa shape index (κ3) is 5.37. The Morgan fingerprint density at radius 1 is 1.48 bits per heavy atom. The minimum atomic E-state index is -0.147. The number of amides is 1. The Morgan fingerprint density at radius 3 is 2.87 bits per heavy atom. The SMILES string of the molecule is CCSC1CCCC(NC(=O)c2cc(Cl)c(N)cc2OC)C1.Cl. The van der Waals surface area contributed by atoms with E-state index in [2.05, 4.69) is 12.2 Å². The van der Waals surface area contributed by atoms with Gasteiger partial charge in [-0.25, -0.2) is 0 Å². The minimum Gasteiger partial charge on any atom is -0.496 e. The molecule has 0 spiro atoms. The van der Waals surface area contributed by atoms with Crippen molar-refractivity contribution >= 4 is 47.4 Å². The third-order valence-electron chi connectivity index (χ3n) is 3.93. The van der Waals surface area contributed by atoms with E-state index in [1.54, 1.807) is 12.1 Å². The molecule has 1 fully saturated rings. The summed E-state index contributed by atoms with van der Waals surface area (Å²) < 4.78 is 5.25. The maximum Gasteiger partial charge on any atom is 0.255 e. The number of hydrogen-bond acceptors (Lipinski definition) is 4. The van der Waals surface area contributed by atoms with E-state index in [-0.39, 0.29) is 24.4 Å². The first-order valence-corrected chi connectivity index (χ1v) is 9.03. The molecule has 2 unspecified atom stereocenters. The molecule has 0 heterocycles.